The lowest BCUT2D eigenvalue weighted by Gasteiger charge is -2.31. The fraction of sp³-hybridized carbons (Fsp3) is 0.471. The Morgan fingerprint density at radius 3 is 2.80 bits per heavy atom. The van der Waals surface area contributed by atoms with Gasteiger partial charge in [0.1, 0.15) is 5.76 Å². The number of nitrogens with zero attached hydrogens (tertiary/aromatic N) is 2. The summed E-state index contributed by atoms with van der Waals surface area (Å²) in [5.74, 6) is 0.880. The number of piperazine rings is 1. The molecule has 25 heavy (non-hydrogen) atoms. The molecule has 0 bridgehead atoms. The molecule has 1 aliphatic rings. The third kappa shape index (κ3) is 4.74. The van der Waals surface area contributed by atoms with Crippen LogP contribution in [0.2, 0.25) is 0 Å². The van der Waals surface area contributed by atoms with Crippen molar-refractivity contribution in [2.24, 2.45) is 0 Å². The van der Waals surface area contributed by atoms with Crippen LogP contribution in [0.3, 0.4) is 0 Å². The molecule has 4 nitrogen and oxygen atoms in total. The van der Waals surface area contributed by atoms with E-state index in [2.05, 4.69) is 22.1 Å². The number of halogens is 4. The predicted octanol–water partition coefficient (Wildman–Crippen LogP) is 3.88. The number of aromatic nitrogens is 1. The molecule has 0 amide bonds. The van der Waals surface area contributed by atoms with E-state index >= 15 is 0 Å². The molecule has 1 aliphatic heterocycles. The highest BCUT2D eigenvalue weighted by molar-refractivity contribution is 5.85. The summed E-state index contributed by atoms with van der Waals surface area (Å²) in [6, 6.07) is 5.48. The van der Waals surface area contributed by atoms with Gasteiger partial charge in [0.25, 0.3) is 0 Å². The molecule has 0 spiro atoms. The van der Waals surface area contributed by atoms with Gasteiger partial charge in [0.2, 0.25) is 5.89 Å². The average molecular weight is 376 g/mol. The van der Waals surface area contributed by atoms with Gasteiger partial charge in [-0.3, -0.25) is 4.90 Å². The molecular formula is C17H21ClF3N3O. The highest BCUT2D eigenvalue weighted by Crippen LogP contribution is 2.32. The Balaban J connectivity index is 0.00000225. The molecule has 0 saturated carbocycles. The Morgan fingerprint density at radius 2 is 2.12 bits per heavy atom. The van der Waals surface area contributed by atoms with Crippen LogP contribution in [0, 0.1) is 6.92 Å². The second kappa shape index (κ2) is 7.76. The van der Waals surface area contributed by atoms with Crippen LogP contribution in [0.15, 0.2) is 28.7 Å². The monoisotopic (exact) mass is 375 g/mol. The summed E-state index contributed by atoms with van der Waals surface area (Å²) in [5.41, 5.74) is 0.415. The number of aryl methyl sites for hydroxylation is 1. The molecule has 1 fully saturated rings. The van der Waals surface area contributed by atoms with Gasteiger partial charge in [-0.2, -0.15) is 13.2 Å². The molecule has 1 aromatic carbocycles. The van der Waals surface area contributed by atoms with Gasteiger partial charge in [-0.15, -0.1) is 12.4 Å². The highest BCUT2D eigenvalue weighted by atomic mass is 35.5. The van der Waals surface area contributed by atoms with E-state index in [0.717, 1.165) is 37.5 Å². The van der Waals surface area contributed by atoms with Crippen LogP contribution in [-0.4, -0.2) is 35.6 Å². The zero-order chi connectivity index (χ0) is 17.3. The fourth-order valence-electron chi connectivity index (χ4n) is 2.89. The Labute approximate surface area is 150 Å². The van der Waals surface area contributed by atoms with Crippen molar-refractivity contribution in [1.82, 2.24) is 15.2 Å². The normalized spacial score (nSPS) is 18.8. The number of benzene rings is 1. The topological polar surface area (TPSA) is 41.3 Å². The first kappa shape index (κ1) is 19.8. The molecule has 138 valence electrons. The highest BCUT2D eigenvalue weighted by Gasteiger charge is 2.31. The Morgan fingerprint density at radius 1 is 1.36 bits per heavy atom. The van der Waals surface area contributed by atoms with E-state index in [4.69, 9.17) is 4.42 Å². The maximum absolute atomic E-state index is 12.9. The van der Waals surface area contributed by atoms with Crippen molar-refractivity contribution >= 4 is 12.4 Å². The van der Waals surface area contributed by atoms with Gasteiger partial charge in [0.05, 0.1) is 11.3 Å². The number of oxazole rings is 1. The van der Waals surface area contributed by atoms with Crippen LogP contribution in [0.1, 0.15) is 23.9 Å². The minimum absolute atomic E-state index is 0. The van der Waals surface area contributed by atoms with Crippen molar-refractivity contribution in [3.63, 3.8) is 0 Å². The molecule has 1 aromatic heterocycles. The lowest BCUT2D eigenvalue weighted by molar-refractivity contribution is -0.137. The van der Waals surface area contributed by atoms with Crippen LogP contribution in [0.5, 0.6) is 0 Å². The molecule has 3 rings (SSSR count). The second-order valence-electron chi connectivity index (χ2n) is 6.19. The van der Waals surface area contributed by atoms with E-state index in [9.17, 15) is 13.2 Å². The first-order valence-corrected chi connectivity index (χ1v) is 7.92. The first-order valence-electron chi connectivity index (χ1n) is 7.92. The number of rotatable bonds is 3. The van der Waals surface area contributed by atoms with Crippen molar-refractivity contribution in [1.29, 1.82) is 0 Å². The van der Waals surface area contributed by atoms with Gasteiger partial charge in [0, 0.05) is 37.8 Å². The van der Waals surface area contributed by atoms with Gasteiger partial charge in [-0.25, -0.2) is 4.98 Å². The smallest absolute Gasteiger partial charge is 0.416 e. The van der Waals surface area contributed by atoms with Gasteiger partial charge in [-0.05, 0) is 32.0 Å². The molecule has 1 saturated heterocycles. The number of nitrogens with one attached hydrogen (secondary N) is 1. The fourth-order valence-corrected chi connectivity index (χ4v) is 2.89. The van der Waals surface area contributed by atoms with Crippen LogP contribution < -0.4 is 5.32 Å². The summed E-state index contributed by atoms with van der Waals surface area (Å²) in [7, 11) is 0. The van der Waals surface area contributed by atoms with Crippen LogP contribution >= 0.6 is 12.4 Å². The average Bonchev–Trinajstić information content (AvgIpc) is 2.88. The molecule has 1 atom stereocenters. The van der Waals surface area contributed by atoms with Crippen LogP contribution in [0.4, 0.5) is 13.2 Å². The molecule has 0 aliphatic carbocycles. The standard InChI is InChI=1S/C17H20F3N3O.ClH/c1-11-9-23(7-6-21-11)10-15-12(2)24-16(22-15)13-4-3-5-14(8-13)17(18,19)20;/h3-5,8,11,21H,6-7,9-10H2,1-2H3;1H. The third-order valence-electron chi connectivity index (χ3n) is 4.16. The summed E-state index contributed by atoms with van der Waals surface area (Å²) < 4.78 is 44.2. The van der Waals surface area contributed by atoms with E-state index in [1.807, 2.05) is 0 Å². The third-order valence-corrected chi connectivity index (χ3v) is 4.16. The van der Waals surface area contributed by atoms with Gasteiger partial charge < -0.3 is 9.73 Å². The molecular weight excluding hydrogens is 355 g/mol. The zero-order valence-corrected chi connectivity index (χ0v) is 14.9. The van der Waals surface area contributed by atoms with Gasteiger partial charge in [-0.1, -0.05) is 6.07 Å². The maximum Gasteiger partial charge on any atom is 0.416 e. The van der Waals surface area contributed by atoms with E-state index in [-0.39, 0.29) is 18.3 Å². The second-order valence-corrected chi connectivity index (χ2v) is 6.19. The lowest BCUT2D eigenvalue weighted by atomic mass is 10.1. The van der Waals surface area contributed by atoms with E-state index in [1.54, 1.807) is 13.0 Å². The first-order chi connectivity index (χ1) is 11.3. The van der Waals surface area contributed by atoms with E-state index in [1.165, 1.54) is 6.07 Å². The van der Waals surface area contributed by atoms with Crippen molar-refractivity contribution in [2.45, 2.75) is 32.6 Å². The van der Waals surface area contributed by atoms with Crippen LogP contribution in [0.25, 0.3) is 11.5 Å². The molecule has 0 radical (unpaired) electrons. The Kier molecular flexibility index (Phi) is 6.13. The SMILES string of the molecule is Cc1oc(-c2cccc(C(F)(F)F)c2)nc1CN1CCNC(C)C1.Cl. The van der Waals surface area contributed by atoms with Crippen molar-refractivity contribution in [3.8, 4) is 11.5 Å². The van der Waals surface area contributed by atoms with Gasteiger partial charge >= 0.3 is 6.18 Å². The maximum atomic E-state index is 12.9. The number of hydrogen-bond acceptors (Lipinski definition) is 4. The number of alkyl halides is 3. The Bertz CT molecular complexity index is 717. The van der Waals surface area contributed by atoms with Crippen molar-refractivity contribution < 1.29 is 17.6 Å². The summed E-state index contributed by atoms with van der Waals surface area (Å²) in [4.78, 5) is 6.69. The molecule has 2 aromatic rings. The number of hydrogen-bond donors (Lipinski definition) is 1. The Hall–Kier alpha value is -1.57. The molecule has 1 N–H and O–H groups in total. The summed E-state index contributed by atoms with van der Waals surface area (Å²) in [5, 5.41) is 3.37. The minimum Gasteiger partial charge on any atom is -0.441 e. The summed E-state index contributed by atoms with van der Waals surface area (Å²) in [6.45, 7) is 7.29. The summed E-state index contributed by atoms with van der Waals surface area (Å²) in [6.07, 6.45) is -4.38. The van der Waals surface area contributed by atoms with Gasteiger partial charge in [0.15, 0.2) is 0 Å². The molecule has 2 heterocycles. The van der Waals surface area contributed by atoms with Crippen molar-refractivity contribution in [3.05, 3.63) is 41.3 Å². The van der Waals surface area contributed by atoms with Crippen LogP contribution in [-0.2, 0) is 12.7 Å². The quantitative estimate of drug-likeness (QED) is 0.883. The van der Waals surface area contributed by atoms with E-state index in [0.29, 0.717) is 23.9 Å². The largest absolute Gasteiger partial charge is 0.441 e. The molecule has 1 unspecified atom stereocenters. The molecule has 8 heteroatoms. The predicted molar refractivity (Wildman–Crippen MR) is 91.7 cm³/mol. The lowest BCUT2D eigenvalue weighted by Crippen LogP contribution is -2.48. The summed E-state index contributed by atoms with van der Waals surface area (Å²) >= 11 is 0. The van der Waals surface area contributed by atoms with E-state index < -0.39 is 11.7 Å². The zero-order valence-electron chi connectivity index (χ0n) is 14.1. The minimum atomic E-state index is -4.38. The van der Waals surface area contributed by atoms with Crippen molar-refractivity contribution in [2.75, 3.05) is 19.6 Å².